The van der Waals surface area contributed by atoms with E-state index in [1.165, 1.54) is 0 Å². The molecule has 0 atom stereocenters. The van der Waals surface area contributed by atoms with Crippen LogP contribution in [-0.4, -0.2) is 40.8 Å². The second-order valence-electron chi connectivity index (χ2n) is 9.24. The van der Waals surface area contributed by atoms with Gasteiger partial charge in [-0.3, -0.25) is 9.59 Å². The van der Waals surface area contributed by atoms with E-state index in [4.69, 9.17) is 0 Å². The van der Waals surface area contributed by atoms with Crippen LogP contribution in [0.3, 0.4) is 0 Å². The summed E-state index contributed by atoms with van der Waals surface area (Å²) in [6, 6.07) is 6.31. The third-order valence-electron chi connectivity index (χ3n) is 6.63. The van der Waals surface area contributed by atoms with Crippen LogP contribution in [0.1, 0.15) is 59.9 Å². The number of nitrogens with one attached hydrogen (secondary N) is 2. The van der Waals surface area contributed by atoms with Crippen molar-refractivity contribution in [3.63, 3.8) is 0 Å². The van der Waals surface area contributed by atoms with E-state index in [2.05, 4.69) is 22.2 Å². The molecule has 2 aromatic rings. The molecule has 0 radical (unpaired) electrons. The smallest absolute Gasteiger partial charge is 0.382 e. The fraction of sp³-hybridized carbons (Fsp3) is 0.400. The van der Waals surface area contributed by atoms with Crippen LogP contribution in [0.25, 0.3) is 5.57 Å². The molecular formula is C25H25F5N4O2. The minimum atomic E-state index is -4.86. The van der Waals surface area contributed by atoms with Gasteiger partial charge >= 0.3 is 6.18 Å². The summed E-state index contributed by atoms with van der Waals surface area (Å²) in [6.45, 7) is 4.24. The minimum absolute atomic E-state index is 0.0717. The zero-order chi connectivity index (χ0) is 26.4. The highest BCUT2D eigenvalue weighted by molar-refractivity contribution is 6.32. The van der Waals surface area contributed by atoms with Crippen LogP contribution in [0.15, 0.2) is 36.9 Å². The molecule has 6 nitrogen and oxygen atoms in total. The van der Waals surface area contributed by atoms with Gasteiger partial charge in [0, 0.05) is 42.9 Å². The number of carbonyl (C=O) groups excluding carboxylic acids is 2. The van der Waals surface area contributed by atoms with Crippen molar-refractivity contribution in [3.8, 4) is 0 Å². The van der Waals surface area contributed by atoms with E-state index in [-0.39, 0.29) is 29.6 Å². The second-order valence-corrected chi connectivity index (χ2v) is 9.24. The number of hydrogen-bond acceptors (Lipinski definition) is 4. The van der Waals surface area contributed by atoms with Gasteiger partial charge < -0.3 is 15.5 Å². The van der Waals surface area contributed by atoms with Crippen LogP contribution in [0.2, 0.25) is 0 Å². The van der Waals surface area contributed by atoms with E-state index in [9.17, 15) is 31.5 Å². The third-order valence-corrected chi connectivity index (χ3v) is 6.63. The van der Waals surface area contributed by atoms with Gasteiger partial charge in [-0.05, 0) is 43.9 Å². The van der Waals surface area contributed by atoms with Crippen LogP contribution >= 0.6 is 0 Å². The number of alkyl halides is 5. The van der Waals surface area contributed by atoms with E-state index in [1.54, 1.807) is 30.1 Å². The molecule has 2 N–H and O–H groups in total. The van der Waals surface area contributed by atoms with Crippen LogP contribution in [-0.2, 0) is 16.9 Å². The first kappa shape index (κ1) is 25.6. The van der Waals surface area contributed by atoms with Gasteiger partial charge in [0.1, 0.15) is 11.4 Å². The largest absolute Gasteiger partial charge is 0.433 e. The monoisotopic (exact) mass is 508 g/mol. The Morgan fingerprint density at radius 2 is 1.75 bits per heavy atom. The topological polar surface area (TPSA) is 74.3 Å². The molecule has 1 saturated carbocycles. The van der Waals surface area contributed by atoms with E-state index in [1.807, 2.05) is 0 Å². The lowest BCUT2D eigenvalue weighted by molar-refractivity contribution is -0.141. The highest BCUT2D eigenvalue weighted by Gasteiger charge is 2.37. The first-order valence-corrected chi connectivity index (χ1v) is 11.4. The molecule has 2 amide bonds. The van der Waals surface area contributed by atoms with Gasteiger partial charge in [0.25, 0.3) is 17.7 Å². The van der Waals surface area contributed by atoms with Crippen molar-refractivity contribution in [2.24, 2.45) is 0 Å². The number of pyridine rings is 1. The summed E-state index contributed by atoms with van der Waals surface area (Å²) in [7, 11) is 1.67. The normalized spacial score (nSPS) is 20.1. The third kappa shape index (κ3) is 5.05. The first-order valence-electron chi connectivity index (χ1n) is 11.4. The number of hydrogen-bond donors (Lipinski definition) is 2. The number of fused-ring (bicyclic) bond motifs is 1. The summed E-state index contributed by atoms with van der Waals surface area (Å²) in [5, 5.41) is 5.62. The van der Waals surface area contributed by atoms with Crippen molar-refractivity contribution in [1.82, 2.24) is 9.88 Å². The molecule has 1 aliphatic carbocycles. The maximum Gasteiger partial charge on any atom is 0.433 e. The summed E-state index contributed by atoms with van der Waals surface area (Å²) in [4.78, 5) is 29.9. The molecule has 36 heavy (non-hydrogen) atoms. The highest BCUT2D eigenvalue weighted by Crippen LogP contribution is 2.37. The van der Waals surface area contributed by atoms with Gasteiger partial charge in [-0.1, -0.05) is 18.7 Å². The van der Waals surface area contributed by atoms with Crippen LogP contribution < -0.4 is 10.6 Å². The van der Waals surface area contributed by atoms with Crippen LogP contribution in [0.4, 0.5) is 33.3 Å². The predicted octanol–water partition coefficient (Wildman–Crippen LogP) is 5.67. The number of para-hydroxylation sites is 1. The summed E-state index contributed by atoms with van der Waals surface area (Å²) in [5.74, 6) is -4.15. The molecule has 2 aliphatic rings. The predicted molar refractivity (Wildman–Crippen MR) is 125 cm³/mol. The van der Waals surface area contributed by atoms with E-state index < -0.39 is 23.5 Å². The zero-order valence-corrected chi connectivity index (χ0v) is 19.7. The molecular weight excluding hydrogens is 483 g/mol. The lowest BCUT2D eigenvalue weighted by Crippen LogP contribution is -2.41. The van der Waals surface area contributed by atoms with Crippen LogP contribution in [0.5, 0.6) is 0 Å². The molecule has 0 saturated heterocycles. The second kappa shape index (κ2) is 9.18. The Kier molecular flexibility index (Phi) is 6.52. The molecule has 0 unspecified atom stereocenters. The molecule has 0 spiro atoms. The van der Waals surface area contributed by atoms with Gasteiger partial charge in [0.2, 0.25) is 0 Å². The average molecular weight is 508 g/mol. The Morgan fingerprint density at radius 3 is 2.36 bits per heavy atom. The van der Waals surface area contributed by atoms with Crippen molar-refractivity contribution in [2.45, 2.75) is 56.8 Å². The summed E-state index contributed by atoms with van der Waals surface area (Å²) in [5.41, 5.74) is -0.745. The van der Waals surface area contributed by atoms with Crippen molar-refractivity contribution in [3.05, 3.63) is 59.4 Å². The summed E-state index contributed by atoms with van der Waals surface area (Å²) >= 11 is 0. The highest BCUT2D eigenvalue weighted by atomic mass is 19.4. The number of carbonyl (C=O) groups is 2. The molecule has 0 bridgehead atoms. The van der Waals surface area contributed by atoms with Gasteiger partial charge in [-0.2, -0.15) is 22.0 Å². The standard InChI is InChI=1S/C25H25F5N4O2/c1-13-17-5-4-6-18(21(17)33-22(13)35)23(36)34(3)16-9-7-14(8-10-16)31-15-11-19(24(2,26)27)32-20(12-15)25(28,29)30/h4-6,11-12,14,16H,1,7-10H2,2-3H3,(H,31,32)(H,33,35). The van der Waals surface area contributed by atoms with Crippen LogP contribution in [0, 0.1) is 0 Å². The molecule has 192 valence electrons. The Balaban J connectivity index is 1.43. The summed E-state index contributed by atoms with van der Waals surface area (Å²) in [6.07, 6.45) is -2.71. The minimum Gasteiger partial charge on any atom is -0.382 e. The lowest BCUT2D eigenvalue weighted by Gasteiger charge is -2.35. The Bertz CT molecular complexity index is 1180. The van der Waals surface area contributed by atoms with E-state index >= 15 is 0 Å². The Labute approximate surface area is 204 Å². The van der Waals surface area contributed by atoms with Gasteiger partial charge in [0.15, 0.2) is 0 Å². The number of rotatable bonds is 5. The molecule has 11 heteroatoms. The van der Waals surface area contributed by atoms with Gasteiger partial charge in [0.05, 0.1) is 11.3 Å². The maximum atomic E-state index is 13.7. The number of benzene rings is 1. The number of aromatic nitrogens is 1. The fourth-order valence-corrected chi connectivity index (χ4v) is 4.61. The summed E-state index contributed by atoms with van der Waals surface area (Å²) < 4.78 is 67.1. The number of amides is 2. The number of halogens is 5. The molecule has 1 aromatic heterocycles. The Morgan fingerprint density at radius 1 is 1.11 bits per heavy atom. The number of anilines is 2. The quantitative estimate of drug-likeness (QED) is 0.403. The average Bonchev–Trinajstić information content (AvgIpc) is 3.11. The van der Waals surface area contributed by atoms with Crippen molar-refractivity contribution in [2.75, 3.05) is 17.7 Å². The van der Waals surface area contributed by atoms with Crippen molar-refractivity contribution < 1.29 is 31.5 Å². The van der Waals surface area contributed by atoms with E-state index in [0.29, 0.717) is 55.0 Å². The maximum absolute atomic E-state index is 13.7. The zero-order valence-electron chi connectivity index (χ0n) is 19.7. The SMILES string of the molecule is C=C1C(=O)Nc2c1cccc2C(=O)N(C)C1CCC(Nc2cc(C(C)(F)F)nc(C(F)(F)F)c2)CC1. The fourth-order valence-electron chi connectivity index (χ4n) is 4.61. The van der Waals surface area contributed by atoms with Gasteiger partial charge in [-0.15, -0.1) is 0 Å². The lowest BCUT2D eigenvalue weighted by atomic mass is 9.89. The molecule has 1 aliphatic heterocycles. The van der Waals surface area contributed by atoms with Gasteiger partial charge in [-0.25, -0.2) is 4.98 Å². The first-order chi connectivity index (χ1) is 16.8. The Hall–Kier alpha value is -3.50. The number of nitrogens with zero attached hydrogens (tertiary/aromatic N) is 2. The molecule has 1 fully saturated rings. The molecule has 1 aromatic carbocycles. The van der Waals surface area contributed by atoms with Crippen molar-refractivity contribution in [1.29, 1.82) is 0 Å². The molecule has 4 rings (SSSR count). The van der Waals surface area contributed by atoms with E-state index in [0.717, 1.165) is 12.1 Å². The van der Waals surface area contributed by atoms with Crippen molar-refractivity contribution >= 4 is 28.8 Å². The molecule has 2 heterocycles.